The zero-order chi connectivity index (χ0) is 13.8. The van der Waals surface area contributed by atoms with Crippen LogP contribution in [0, 0.1) is 12.8 Å². The highest BCUT2D eigenvalue weighted by Gasteiger charge is 2.11. The Morgan fingerprint density at radius 3 is 3.00 bits per heavy atom. The van der Waals surface area contributed by atoms with E-state index in [-0.39, 0.29) is 0 Å². The zero-order valence-corrected chi connectivity index (χ0v) is 12.1. The van der Waals surface area contributed by atoms with Crippen LogP contribution in [0.15, 0.2) is 6.33 Å². The predicted molar refractivity (Wildman–Crippen MR) is 74.7 cm³/mol. The van der Waals surface area contributed by atoms with Crippen molar-refractivity contribution in [1.82, 2.24) is 19.6 Å². The second kappa shape index (κ2) is 6.16. The third-order valence-corrected chi connectivity index (χ3v) is 2.96. The van der Waals surface area contributed by atoms with Crippen molar-refractivity contribution in [1.29, 1.82) is 0 Å². The highest BCUT2D eigenvalue weighted by molar-refractivity contribution is 6.30. The van der Waals surface area contributed by atoms with Gasteiger partial charge in [0.05, 0.1) is 6.61 Å². The number of fused-ring (bicyclic) bond motifs is 1. The van der Waals surface area contributed by atoms with Crippen LogP contribution in [0.1, 0.15) is 19.4 Å². The van der Waals surface area contributed by atoms with Crippen LogP contribution in [0.3, 0.4) is 0 Å². The van der Waals surface area contributed by atoms with Crippen LogP contribution in [0.25, 0.3) is 5.78 Å². The quantitative estimate of drug-likeness (QED) is 0.650. The number of halogens is 1. The summed E-state index contributed by atoms with van der Waals surface area (Å²) in [6, 6.07) is 0. The van der Waals surface area contributed by atoms with Crippen molar-refractivity contribution in [2.45, 2.75) is 20.8 Å². The summed E-state index contributed by atoms with van der Waals surface area (Å²) in [7, 11) is 0. The predicted octanol–water partition coefficient (Wildman–Crippen LogP) is 2.17. The minimum Gasteiger partial charge on any atom is -0.379 e. The minimum absolute atomic E-state index is 0.436. The average molecular weight is 284 g/mol. The van der Waals surface area contributed by atoms with Gasteiger partial charge in [-0.3, -0.25) is 0 Å². The van der Waals surface area contributed by atoms with Crippen LogP contribution in [-0.2, 0) is 4.74 Å². The molecule has 0 fully saturated rings. The maximum atomic E-state index is 6.07. The molecule has 0 aromatic carbocycles. The Bertz CT molecular complexity index is 554. The molecule has 2 rings (SSSR count). The lowest BCUT2D eigenvalue weighted by Crippen LogP contribution is -2.15. The summed E-state index contributed by atoms with van der Waals surface area (Å²) in [5.41, 5.74) is 0.850. The normalized spacial score (nSPS) is 11.4. The van der Waals surface area contributed by atoms with Crippen molar-refractivity contribution in [3.63, 3.8) is 0 Å². The molecular formula is C12H18ClN5O. The first-order chi connectivity index (χ1) is 9.09. The number of nitrogens with one attached hydrogen (secondary N) is 1. The first-order valence-electron chi connectivity index (χ1n) is 6.27. The molecule has 0 radical (unpaired) electrons. The van der Waals surface area contributed by atoms with Crippen LogP contribution >= 0.6 is 11.6 Å². The maximum absolute atomic E-state index is 6.07. The Morgan fingerprint density at radius 1 is 1.47 bits per heavy atom. The Hall–Kier alpha value is -1.40. The second-order valence-electron chi connectivity index (χ2n) is 4.74. The number of anilines is 1. The van der Waals surface area contributed by atoms with E-state index >= 15 is 0 Å². The standard InChI is InChI=1S/C12H18ClN5O/c1-8(2)6-19-5-4-14-11-9(3)10(13)17-12-15-7-16-18(11)12/h7-8,14H,4-6H2,1-3H3. The van der Waals surface area contributed by atoms with Gasteiger partial charge >= 0.3 is 0 Å². The van der Waals surface area contributed by atoms with Gasteiger partial charge in [0, 0.05) is 18.7 Å². The molecule has 0 aliphatic rings. The summed E-state index contributed by atoms with van der Waals surface area (Å²) in [5.74, 6) is 1.83. The molecule has 0 aliphatic carbocycles. The molecule has 0 saturated carbocycles. The third kappa shape index (κ3) is 3.33. The van der Waals surface area contributed by atoms with Crippen molar-refractivity contribution < 1.29 is 4.74 Å². The Kier molecular flexibility index (Phi) is 4.55. The van der Waals surface area contributed by atoms with Crippen LogP contribution in [0.4, 0.5) is 5.82 Å². The van der Waals surface area contributed by atoms with Crippen LogP contribution in [-0.4, -0.2) is 39.3 Å². The summed E-state index contributed by atoms with van der Waals surface area (Å²) < 4.78 is 7.17. The molecule has 0 atom stereocenters. The van der Waals surface area contributed by atoms with E-state index < -0.39 is 0 Å². The molecule has 0 spiro atoms. The lowest BCUT2D eigenvalue weighted by atomic mass is 10.2. The third-order valence-electron chi connectivity index (χ3n) is 2.59. The summed E-state index contributed by atoms with van der Waals surface area (Å²) in [6.45, 7) is 8.22. The minimum atomic E-state index is 0.436. The molecule has 6 nitrogen and oxygen atoms in total. The van der Waals surface area contributed by atoms with Crippen LogP contribution < -0.4 is 5.32 Å². The summed E-state index contributed by atoms with van der Waals surface area (Å²) in [4.78, 5) is 8.18. The molecule has 2 aromatic rings. The van der Waals surface area contributed by atoms with Gasteiger partial charge in [-0.2, -0.15) is 19.6 Å². The highest BCUT2D eigenvalue weighted by atomic mass is 35.5. The lowest BCUT2D eigenvalue weighted by molar-refractivity contribution is 0.118. The molecule has 0 aliphatic heterocycles. The van der Waals surface area contributed by atoms with Gasteiger partial charge in [0.15, 0.2) is 0 Å². The van der Waals surface area contributed by atoms with E-state index in [9.17, 15) is 0 Å². The van der Waals surface area contributed by atoms with Gasteiger partial charge in [-0.05, 0) is 12.8 Å². The molecule has 19 heavy (non-hydrogen) atoms. The van der Waals surface area contributed by atoms with Gasteiger partial charge < -0.3 is 10.1 Å². The maximum Gasteiger partial charge on any atom is 0.255 e. The largest absolute Gasteiger partial charge is 0.379 e. The van der Waals surface area contributed by atoms with Gasteiger partial charge in [-0.1, -0.05) is 25.4 Å². The summed E-state index contributed by atoms with van der Waals surface area (Å²) in [5, 5.41) is 7.83. The van der Waals surface area contributed by atoms with Crippen molar-refractivity contribution in [2.75, 3.05) is 25.1 Å². The fraction of sp³-hybridized carbons (Fsp3) is 0.583. The van der Waals surface area contributed by atoms with E-state index in [4.69, 9.17) is 16.3 Å². The topological polar surface area (TPSA) is 64.3 Å². The number of nitrogens with zero attached hydrogens (tertiary/aromatic N) is 4. The fourth-order valence-corrected chi connectivity index (χ4v) is 1.83. The van der Waals surface area contributed by atoms with Gasteiger partial charge in [-0.15, -0.1) is 0 Å². The fourth-order valence-electron chi connectivity index (χ4n) is 1.67. The number of hydrogen-bond donors (Lipinski definition) is 1. The van der Waals surface area contributed by atoms with Crippen molar-refractivity contribution in [3.8, 4) is 0 Å². The lowest BCUT2D eigenvalue weighted by Gasteiger charge is -2.12. The first-order valence-corrected chi connectivity index (χ1v) is 6.65. The van der Waals surface area contributed by atoms with E-state index in [1.165, 1.54) is 6.33 Å². The van der Waals surface area contributed by atoms with Gasteiger partial charge in [0.25, 0.3) is 5.78 Å². The molecule has 7 heteroatoms. The molecule has 104 valence electrons. The molecule has 0 amide bonds. The molecule has 2 heterocycles. The van der Waals surface area contributed by atoms with Gasteiger partial charge in [-0.25, -0.2) is 0 Å². The smallest absolute Gasteiger partial charge is 0.255 e. The number of aromatic nitrogens is 4. The monoisotopic (exact) mass is 283 g/mol. The Morgan fingerprint density at radius 2 is 2.26 bits per heavy atom. The molecular weight excluding hydrogens is 266 g/mol. The zero-order valence-electron chi connectivity index (χ0n) is 11.4. The Labute approximate surface area is 117 Å². The van der Waals surface area contributed by atoms with Gasteiger partial charge in [0.1, 0.15) is 17.3 Å². The van der Waals surface area contributed by atoms with E-state index in [0.29, 0.717) is 30.0 Å². The first kappa shape index (κ1) is 14.0. The Balaban J connectivity index is 2.03. The number of hydrogen-bond acceptors (Lipinski definition) is 5. The molecule has 1 N–H and O–H groups in total. The molecule has 0 bridgehead atoms. The molecule has 0 unspecified atom stereocenters. The second-order valence-corrected chi connectivity index (χ2v) is 5.10. The highest BCUT2D eigenvalue weighted by Crippen LogP contribution is 2.21. The van der Waals surface area contributed by atoms with E-state index in [1.54, 1.807) is 4.52 Å². The average Bonchev–Trinajstić information content (AvgIpc) is 2.80. The van der Waals surface area contributed by atoms with Crippen molar-refractivity contribution in [3.05, 3.63) is 17.0 Å². The van der Waals surface area contributed by atoms with Crippen molar-refractivity contribution in [2.24, 2.45) is 5.92 Å². The van der Waals surface area contributed by atoms with E-state index in [1.807, 2.05) is 6.92 Å². The summed E-state index contributed by atoms with van der Waals surface area (Å²) in [6.07, 6.45) is 1.46. The number of ether oxygens (including phenoxy) is 1. The van der Waals surface area contributed by atoms with Crippen LogP contribution in [0.2, 0.25) is 5.15 Å². The molecule has 2 aromatic heterocycles. The molecule has 0 saturated heterocycles. The van der Waals surface area contributed by atoms with E-state index in [2.05, 4.69) is 34.2 Å². The van der Waals surface area contributed by atoms with Gasteiger partial charge in [0.2, 0.25) is 0 Å². The SMILES string of the molecule is Cc1c(Cl)nc2ncnn2c1NCCOCC(C)C. The van der Waals surface area contributed by atoms with E-state index in [0.717, 1.165) is 18.0 Å². The number of rotatable bonds is 6. The van der Waals surface area contributed by atoms with Crippen LogP contribution in [0.5, 0.6) is 0 Å². The van der Waals surface area contributed by atoms with Crippen molar-refractivity contribution >= 4 is 23.2 Å². The summed E-state index contributed by atoms with van der Waals surface area (Å²) >= 11 is 6.07.